The van der Waals surface area contributed by atoms with E-state index in [9.17, 15) is 4.79 Å². The summed E-state index contributed by atoms with van der Waals surface area (Å²) in [5.41, 5.74) is -0.439. The van der Waals surface area contributed by atoms with Crippen molar-refractivity contribution in [2.24, 2.45) is 11.8 Å². The van der Waals surface area contributed by atoms with E-state index in [4.69, 9.17) is 16.0 Å². The Bertz CT molecular complexity index is 420. The van der Waals surface area contributed by atoms with Gasteiger partial charge in [-0.25, -0.2) is 4.79 Å². The van der Waals surface area contributed by atoms with Gasteiger partial charge in [0.05, 0.1) is 0 Å². The van der Waals surface area contributed by atoms with Crippen LogP contribution < -0.4 is 5.90 Å². The van der Waals surface area contributed by atoms with Gasteiger partial charge in [0.25, 0.3) is 0 Å². The Morgan fingerprint density at radius 1 is 1.09 bits per heavy atom. The summed E-state index contributed by atoms with van der Waals surface area (Å²) in [5, 5.41) is 7.66. The number of piperidine rings is 2. The molecule has 0 aromatic carbocycles. The molecule has 0 bridgehead atoms. The molecular weight excluding hydrogens is 296 g/mol. The lowest BCUT2D eigenvalue weighted by Gasteiger charge is -2.41. The fourth-order valence-corrected chi connectivity index (χ4v) is 3.36. The fraction of sp³-hybridized carbons (Fsp3) is 0.875. The lowest BCUT2D eigenvalue weighted by molar-refractivity contribution is 0.0123. The van der Waals surface area contributed by atoms with E-state index in [0.717, 1.165) is 51.9 Å². The highest BCUT2D eigenvalue weighted by Gasteiger charge is 2.32. The van der Waals surface area contributed by atoms with Gasteiger partial charge in [0.1, 0.15) is 5.60 Å². The molecule has 0 atom stereocenters. The molecule has 2 heterocycles. The largest absolute Gasteiger partial charge is 0.444 e. The number of carbonyl (C=O) groups is 1. The van der Waals surface area contributed by atoms with Gasteiger partial charge >= 0.3 is 6.09 Å². The number of amides is 1. The highest BCUT2D eigenvalue weighted by atomic mass is 16.6. The Morgan fingerprint density at radius 2 is 1.65 bits per heavy atom. The molecule has 2 rings (SSSR count). The lowest BCUT2D eigenvalue weighted by Crippen LogP contribution is -2.50. The molecule has 0 aliphatic carbocycles. The van der Waals surface area contributed by atoms with Crippen molar-refractivity contribution >= 4 is 12.0 Å². The van der Waals surface area contributed by atoms with Crippen LogP contribution in [0.2, 0.25) is 0 Å². The van der Waals surface area contributed by atoms with Gasteiger partial charge in [0, 0.05) is 25.0 Å². The van der Waals surface area contributed by atoms with E-state index in [0.29, 0.717) is 6.04 Å². The average molecular weight is 326 g/mol. The molecule has 7 heteroatoms. The number of likely N-dealkylation sites (tertiary alicyclic amines) is 2. The molecule has 0 saturated carbocycles. The maximum absolute atomic E-state index is 12.1. The van der Waals surface area contributed by atoms with Crippen LogP contribution in [-0.2, 0) is 9.57 Å². The molecule has 2 aliphatic rings. The highest BCUT2D eigenvalue weighted by molar-refractivity contribution is 5.75. The van der Waals surface area contributed by atoms with Crippen molar-refractivity contribution in [3.63, 3.8) is 0 Å². The number of hydrogen-bond donors (Lipinski definition) is 2. The van der Waals surface area contributed by atoms with E-state index >= 15 is 0 Å². The number of rotatable bonds is 2. The van der Waals surface area contributed by atoms with Crippen LogP contribution in [0.25, 0.3) is 0 Å². The molecule has 7 nitrogen and oxygen atoms in total. The quantitative estimate of drug-likeness (QED) is 0.460. The number of nitrogens with one attached hydrogen (secondary N) is 1. The first kappa shape index (κ1) is 18.0. The van der Waals surface area contributed by atoms with Crippen molar-refractivity contribution in [2.45, 2.75) is 58.1 Å². The summed E-state index contributed by atoms with van der Waals surface area (Å²) in [6.45, 7) is 9.11. The number of carbonyl (C=O) groups excluding carboxylic acids is 1. The van der Waals surface area contributed by atoms with Gasteiger partial charge in [-0.2, -0.15) is 5.90 Å². The fourth-order valence-electron chi connectivity index (χ4n) is 3.36. The molecular formula is C16H30N4O3. The summed E-state index contributed by atoms with van der Waals surface area (Å²) < 4.78 is 5.43. The zero-order chi connectivity index (χ0) is 17.0. The average Bonchev–Trinajstić information content (AvgIpc) is 2.53. The van der Waals surface area contributed by atoms with Gasteiger partial charge in [-0.05, 0) is 59.5 Å². The SMILES string of the molecule is CC(C)(C)OC(=O)N1CCC(N2CCC(C(=N)ON)CC2)CC1. The summed E-state index contributed by atoms with van der Waals surface area (Å²) >= 11 is 0. The molecule has 0 aromatic rings. The Labute approximate surface area is 138 Å². The number of nitrogens with two attached hydrogens (primary N) is 1. The first-order valence-electron chi connectivity index (χ1n) is 8.47. The van der Waals surface area contributed by atoms with E-state index in [2.05, 4.69) is 9.74 Å². The monoisotopic (exact) mass is 326 g/mol. The van der Waals surface area contributed by atoms with E-state index in [1.165, 1.54) is 0 Å². The summed E-state index contributed by atoms with van der Waals surface area (Å²) in [4.78, 5) is 20.9. The van der Waals surface area contributed by atoms with Crippen LogP contribution in [0.1, 0.15) is 46.5 Å². The van der Waals surface area contributed by atoms with Crippen molar-refractivity contribution in [1.82, 2.24) is 9.80 Å². The Balaban J connectivity index is 1.75. The third-order valence-corrected chi connectivity index (χ3v) is 4.66. The van der Waals surface area contributed by atoms with Gasteiger partial charge in [0.2, 0.25) is 5.90 Å². The van der Waals surface area contributed by atoms with Crippen molar-refractivity contribution < 1.29 is 14.4 Å². The minimum atomic E-state index is -0.439. The minimum Gasteiger partial charge on any atom is -0.444 e. The van der Waals surface area contributed by atoms with Gasteiger partial charge in [-0.1, -0.05) is 0 Å². The summed E-state index contributed by atoms with van der Waals surface area (Å²) in [5.74, 6) is 5.43. The maximum Gasteiger partial charge on any atom is 0.410 e. The van der Waals surface area contributed by atoms with Crippen LogP contribution in [0.4, 0.5) is 4.79 Å². The number of hydrogen-bond acceptors (Lipinski definition) is 6. The first-order chi connectivity index (χ1) is 10.8. The molecule has 0 radical (unpaired) electrons. The zero-order valence-corrected chi connectivity index (χ0v) is 14.5. The molecule has 2 saturated heterocycles. The van der Waals surface area contributed by atoms with Crippen LogP contribution in [0.3, 0.4) is 0 Å². The van der Waals surface area contributed by atoms with E-state index in [1.807, 2.05) is 25.7 Å². The maximum atomic E-state index is 12.1. The van der Waals surface area contributed by atoms with E-state index in [1.54, 1.807) is 0 Å². The van der Waals surface area contributed by atoms with Crippen molar-refractivity contribution in [2.75, 3.05) is 26.2 Å². The third-order valence-electron chi connectivity index (χ3n) is 4.66. The summed E-state index contributed by atoms with van der Waals surface area (Å²) in [6.07, 6.45) is 3.59. The number of nitrogens with zero attached hydrogens (tertiary/aromatic N) is 2. The summed E-state index contributed by atoms with van der Waals surface area (Å²) in [7, 11) is 0. The smallest absolute Gasteiger partial charge is 0.410 e. The Morgan fingerprint density at radius 3 is 2.13 bits per heavy atom. The number of ether oxygens (including phenoxy) is 1. The second kappa shape index (κ2) is 7.49. The third kappa shape index (κ3) is 5.07. The van der Waals surface area contributed by atoms with Crippen molar-refractivity contribution in [3.8, 4) is 0 Å². The molecule has 0 spiro atoms. The standard InChI is InChI=1S/C16H30N4O3/c1-16(2,3)22-15(21)20-10-6-13(7-11-20)19-8-4-12(5-9-19)14(17)23-18/h12-13,17H,4-11,18H2,1-3H3. The molecule has 0 aromatic heterocycles. The predicted octanol–water partition coefficient (Wildman–Crippen LogP) is 1.97. The minimum absolute atomic E-state index is 0.151. The molecule has 23 heavy (non-hydrogen) atoms. The molecule has 1 amide bonds. The van der Waals surface area contributed by atoms with Gasteiger partial charge in [-0.15, -0.1) is 0 Å². The molecule has 2 aliphatic heterocycles. The van der Waals surface area contributed by atoms with Crippen LogP contribution in [0.5, 0.6) is 0 Å². The van der Waals surface area contributed by atoms with Crippen LogP contribution in [-0.4, -0.2) is 59.6 Å². The molecule has 2 fully saturated rings. The first-order valence-corrected chi connectivity index (χ1v) is 8.47. The topological polar surface area (TPSA) is 91.9 Å². The second-order valence-corrected chi connectivity index (χ2v) is 7.49. The van der Waals surface area contributed by atoms with Crippen LogP contribution in [0.15, 0.2) is 0 Å². The van der Waals surface area contributed by atoms with E-state index in [-0.39, 0.29) is 17.9 Å². The predicted molar refractivity (Wildman–Crippen MR) is 88.1 cm³/mol. The van der Waals surface area contributed by atoms with Crippen LogP contribution in [0, 0.1) is 11.3 Å². The van der Waals surface area contributed by atoms with Gasteiger partial charge < -0.3 is 19.4 Å². The molecule has 132 valence electrons. The highest BCUT2D eigenvalue weighted by Crippen LogP contribution is 2.25. The molecule has 0 unspecified atom stereocenters. The Hall–Kier alpha value is -1.34. The molecule has 3 N–H and O–H groups in total. The van der Waals surface area contributed by atoms with E-state index < -0.39 is 5.60 Å². The van der Waals surface area contributed by atoms with Gasteiger partial charge in [0.15, 0.2) is 0 Å². The summed E-state index contributed by atoms with van der Waals surface area (Å²) in [6, 6.07) is 0.516. The Kier molecular flexibility index (Phi) is 5.86. The second-order valence-electron chi connectivity index (χ2n) is 7.49. The van der Waals surface area contributed by atoms with Crippen molar-refractivity contribution in [1.29, 1.82) is 5.41 Å². The zero-order valence-electron chi connectivity index (χ0n) is 14.5. The van der Waals surface area contributed by atoms with Crippen LogP contribution >= 0.6 is 0 Å². The lowest BCUT2D eigenvalue weighted by atomic mass is 9.93. The normalized spacial score (nSPS) is 22.0. The van der Waals surface area contributed by atoms with Gasteiger partial charge in [-0.3, -0.25) is 5.41 Å². The van der Waals surface area contributed by atoms with Crippen molar-refractivity contribution in [3.05, 3.63) is 0 Å².